The van der Waals surface area contributed by atoms with Crippen molar-refractivity contribution in [3.8, 4) is 0 Å². The molecule has 0 radical (unpaired) electrons. The second-order valence-corrected chi connectivity index (χ2v) is 5.30. The smallest absolute Gasteiger partial charge is 0.256 e. The zero-order chi connectivity index (χ0) is 12.4. The molecule has 2 rings (SSSR count). The van der Waals surface area contributed by atoms with E-state index in [2.05, 4.69) is 10.3 Å². The van der Waals surface area contributed by atoms with Crippen LogP contribution in [0.3, 0.4) is 0 Å². The first-order chi connectivity index (χ1) is 8.06. The number of rotatable bonds is 6. The Bertz CT molecular complexity index is 395. The molecule has 1 saturated carbocycles. The number of carbonyl (C=O) groups is 1. The summed E-state index contributed by atoms with van der Waals surface area (Å²) in [5.74, 6) is 1.06. The van der Waals surface area contributed by atoms with E-state index in [-0.39, 0.29) is 11.9 Å². The molecule has 1 aromatic heterocycles. The van der Waals surface area contributed by atoms with Gasteiger partial charge in [0.15, 0.2) is 0 Å². The first-order valence-electron chi connectivity index (χ1n) is 5.68. The molecule has 5 nitrogen and oxygen atoms in total. The van der Waals surface area contributed by atoms with Crippen LogP contribution in [0.2, 0.25) is 0 Å². The lowest BCUT2D eigenvalue weighted by Gasteiger charge is -2.12. The summed E-state index contributed by atoms with van der Waals surface area (Å²) in [5.41, 5.74) is 6.23. The van der Waals surface area contributed by atoms with Gasteiger partial charge in [0.25, 0.3) is 5.22 Å². The van der Waals surface area contributed by atoms with Crippen LogP contribution in [0.5, 0.6) is 0 Å². The third kappa shape index (κ3) is 3.47. The van der Waals surface area contributed by atoms with Gasteiger partial charge in [-0.25, -0.2) is 4.98 Å². The third-order valence-electron chi connectivity index (χ3n) is 2.74. The van der Waals surface area contributed by atoms with Gasteiger partial charge < -0.3 is 15.5 Å². The number of aryl methyl sites for hydroxylation is 2. The number of nitrogens with one attached hydrogen (secondary N) is 1. The Morgan fingerprint density at radius 3 is 2.82 bits per heavy atom. The minimum atomic E-state index is -0.315. The number of amides is 1. The second-order valence-electron chi connectivity index (χ2n) is 4.33. The van der Waals surface area contributed by atoms with Crippen LogP contribution in [0.15, 0.2) is 9.64 Å². The molecule has 1 atom stereocenters. The highest BCUT2D eigenvalue weighted by Gasteiger charge is 2.27. The normalized spacial score (nSPS) is 17.1. The van der Waals surface area contributed by atoms with Crippen molar-refractivity contribution in [2.45, 2.75) is 44.0 Å². The van der Waals surface area contributed by atoms with Gasteiger partial charge in [-0.15, -0.1) is 0 Å². The molecule has 1 aliphatic carbocycles. The molecule has 1 heterocycles. The fourth-order valence-corrected chi connectivity index (χ4v) is 2.36. The van der Waals surface area contributed by atoms with Crippen LogP contribution in [-0.2, 0) is 4.79 Å². The third-order valence-corrected chi connectivity index (χ3v) is 3.66. The van der Waals surface area contributed by atoms with E-state index in [1.807, 2.05) is 13.8 Å². The summed E-state index contributed by atoms with van der Waals surface area (Å²) in [6.07, 6.45) is 2.26. The summed E-state index contributed by atoms with van der Waals surface area (Å²) in [6, 6.07) is 0.154. The lowest BCUT2D eigenvalue weighted by Crippen LogP contribution is -2.44. The number of hydrogen-bond acceptors (Lipinski definition) is 5. The van der Waals surface area contributed by atoms with Gasteiger partial charge in [-0.05, 0) is 26.7 Å². The van der Waals surface area contributed by atoms with E-state index in [4.69, 9.17) is 10.2 Å². The average molecular weight is 255 g/mol. The van der Waals surface area contributed by atoms with E-state index in [0.29, 0.717) is 17.0 Å². The number of carbonyl (C=O) groups excluding carboxylic acids is 1. The van der Waals surface area contributed by atoms with E-state index in [9.17, 15) is 4.79 Å². The Morgan fingerprint density at radius 2 is 2.35 bits per heavy atom. The lowest BCUT2D eigenvalue weighted by atomic mass is 10.3. The van der Waals surface area contributed by atoms with Crippen molar-refractivity contribution in [1.82, 2.24) is 10.3 Å². The zero-order valence-electron chi connectivity index (χ0n) is 10.0. The van der Waals surface area contributed by atoms with Gasteiger partial charge in [-0.3, -0.25) is 4.79 Å². The van der Waals surface area contributed by atoms with E-state index < -0.39 is 0 Å². The molecule has 1 aliphatic rings. The average Bonchev–Trinajstić information content (AvgIpc) is 3.01. The number of thioether (sulfide) groups is 1. The monoisotopic (exact) mass is 255 g/mol. The van der Waals surface area contributed by atoms with Crippen molar-refractivity contribution >= 4 is 17.7 Å². The van der Waals surface area contributed by atoms with Crippen molar-refractivity contribution in [3.05, 3.63) is 11.5 Å². The molecule has 17 heavy (non-hydrogen) atoms. The van der Waals surface area contributed by atoms with Crippen LogP contribution in [0.25, 0.3) is 0 Å². The number of oxazole rings is 1. The first-order valence-corrected chi connectivity index (χ1v) is 6.67. The molecule has 0 aromatic carbocycles. The molecular formula is C11H17N3O2S. The standard InChI is InChI=1S/C11H17N3O2S/c1-6-7(2)16-11(13-6)17-5-9(10(12)15)14-8-3-4-8/h8-9,14H,3-5H2,1-2H3,(H2,12,15). The molecular weight excluding hydrogens is 238 g/mol. The molecule has 6 heteroatoms. The van der Waals surface area contributed by atoms with Gasteiger partial charge in [0.1, 0.15) is 5.76 Å². The summed E-state index contributed by atoms with van der Waals surface area (Å²) in [6.45, 7) is 3.78. The lowest BCUT2D eigenvalue weighted by molar-refractivity contribution is -0.119. The maximum absolute atomic E-state index is 11.3. The van der Waals surface area contributed by atoms with E-state index in [1.165, 1.54) is 11.8 Å². The number of aromatic nitrogens is 1. The fraction of sp³-hybridized carbons (Fsp3) is 0.636. The maximum atomic E-state index is 11.3. The van der Waals surface area contributed by atoms with E-state index >= 15 is 0 Å². The second kappa shape index (κ2) is 5.10. The van der Waals surface area contributed by atoms with Crippen molar-refractivity contribution in [1.29, 1.82) is 0 Å². The molecule has 0 bridgehead atoms. The number of nitrogens with two attached hydrogens (primary N) is 1. The van der Waals surface area contributed by atoms with Crippen molar-refractivity contribution < 1.29 is 9.21 Å². The van der Waals surface area contributed by atoms with Gasteiger partial charge in [0, 0.05) is 11.8 Å². The Morgan fingerprint density at radius 1 is 1.65 bits per heavy atom. The largest absolute Gasteiger partial charge is 0.437 e. The van der Waals surface area contributed by atoms with E-state index in [1.54, 1.807) is 0 Å². The minimum absolute atomic E-state index is 0.306. The van der Waals surface area contributed by atoms with Crippen molar-refractivity contribution in [2.24, 2.45) is 5.73 Å². The molecule has 0 saturated heterocycles. The Balaban J connectivity index is 1.87. The van der Waals surface area contributed by atoms with Crippen LogP contribution in [0.1, 0.15) is 24.3 Å². The topological polar surface area (TPSA) is 81.1 Å². The van der Waals surface area contributed by atoms with Crippen LogP contribution < -0.4 is 11.1 Å². The van der Waals surface area contributed by atoms with Gasteiger partial charge in [0.05, 0.1) is 11.7 Å². The quantitative estimate of drug-likeness (QED) is 0.741. The van der Waals surface area contributed by atoms with Crippen molar-refractivity contribution in [2.75, 3.05) is 5.75 Å². The van der Waals surface area contributed by atoms with Crippen LogP contribution in [0.4, 0.5) is 0 Å². The summed E-state index contributed by atoms with van der Waals surface area (Å²) < 4.78 is 5.44. The Hall–Kier alpha value is -1.01. The molecule has 0 spiro atoms. The predicted octanol–water partition coefficient (Wildman–Crippen LogP) is 0.989. The van der Waals surface area contributed by atoms with Gasteiger partial charge in [0.2, 0.25) is 5.91 Å². The maximum Gasteiger partial charge on any atom is 0.256 e. The molecule has 1 unspecified atom stereocenters. The SMILES string of the molecule is Cc1nc(SCC(NC2CC2)C(N)=O)oc1C. The summed E-state index contributed by atoms with van der Waals surface area (Å²) in [4.78, 5) is 15.5. The highest BCUT2D eigenvalue weighted by Crippen LogP contribution is 2.23. The highest BCUT2D eigenvalue weighted by atomic mass is 32.2. The fourth-order valence-electron chi connectivity index (χ4n) is 1.41. The Labute approximate surface area is 105 Å². The summed E-state index contributed by atoms with van der Waals surface area (Å²) in [7, 11) is 0. The number of nitrogens with zero attached hydrogens (tertiary/aromatic N) is 1. The van der Waals surface area contributed by atoms with Gasteiger partial charge in [-0.2, -0.15) is 0 Å². The van der Waals surface area contributed by atoms with Crippen LogP contribution in [-0.4, -0.2) is 28.7 Å². The zero-order valence-corrected chi connectivity index (χ0v) is 10.8. The molecule has 94 valence electrons. The number of primary amides is 1. The van der Waals surface area contributed by atoms with Crippen molar-refractivity contribution in [3.63, 3.8) is 0 Å². The predicted molar refractivity (Wildman–Crippen MR) is 65.8 cm³/mol. The van der Waals surface area contributed by atoms with E-state index in [0.717, 1.165) is 24.3 Å². The molecule has 1 amide bonds. The molecule has 0 aliphatic heterocycles. The van der Waals surface area contributed by atoms with Crippen LogP contribution in [0, 0.1) is 13.8 Å². The van der Waals surface area contributed by atoms with Gasteiger partial charge in [-0.1, -0.05) is 11.8 Å². The first kappa shape index (κ1) is 12.4. The summed E-state index contributed by atoms with van der Waals surface area (Å²) in [5, 5.41) is 3.82. The molecule has 3 N–H and O–H groups in total. The minimum Gasteiger partial charge on any atom is -0.437 e. The van der Waals surface area contributed by atoms with Gasteiger partial charge >= 0.3 is 0 Å². The Kier molecular flexibility index (Phi) is 3.73. The highest BCUT2D eigenvalue weighted by molar-refractivity contribution is 7.99. The van der Waals surface area contributed by atoms with Crippen LogP contribution >= 0.6 is 11.8 Å². The molecule has 1 aromatic rings. The summed E-state index contributed by atoms with van der Waals surface area (Å²) >= 11 is 1.42. The molecule has 1 fully saturated rings. The number of hydrogen-bond donors (Lipinski definition) is 2.